The molecule has 0 fully saturated rings. The maximum absolute atomic E-state index is 12.5. The molecule has 2 heterocycles. The summed E-state index contributed by atoms with van der Waals surface area (Å²) in [6.07, 6.45) is 1.82. The van der Waals surface area contributed by atoms with Crippen molar-refractivity contribution in [1.29, 1.82) is 5.26 Å². The van der Waals surface area contributed by atoms with Crippen LogP contribution in [0.25, 0.3) is 0 Å². The van der Waals surface area contributed by atoms with Crippen LogP contribution in [-0.2, 0) is 6.54 Å². The molecule has 0 aliphatic carbocycles. The van der Waals surface area contributed by atoms with Crippen LogP contribution in [0.5, 0.6) is 0 Å². The van der Waals surface area contributed by atoms with Gasteiger partial charge in [-0.25, -0.2) is 4.98 Å². The number of hydrogen-bond acceptors (Lipinski definition) is 6. The summed E-state index contributed by atoms with van der Waals surface area (Å²) < 4.78 is 5.25. The van der Waals surface area contributed by atoms with E-state index in [-0.39, 0.29) is 12.3 Å². The molecule has 2 aromatic heterocycles. The van der Waals surface area contributed by atoms with Gasteiger partial charge >= 0.3 is 0 Å². The molecule has 20 heavy (non-hydrogen) atoms. The normalized spacial score (nSPS) is 10.2. The van der Waals surface area contributed by atoms with E-state index in [2.05, 4.69) is 4.98 Å². The smallest absolute Gasteiger partial charge is 0.266 e. The maximum Gasteiger partial charge on any atom is 0.266 e. The lowest BCUT2D eigenvalue weighted by Gasteiger charge is -2.19. The highest BCUT2D eigenvalue weighted by atomic mass is 32.1. The molecule has 0 saturated heterocycles. The van der Waals surface area contributed by atoms with E-state index in [9.17, 15) is 4.79 Å². The van der Waals surface area contributed by atoms with Crippen LogP contribution in [0, 0.1) is 18.3 Å². The highest BCUT2D eigenvalue weighted by Crippen LogP contribution is 2.22. The first kappa shape index (κ1) is 14.1. The standard InChI is InChI=1S/C13H14N4O2S/c1-9-11(20-13(15)16-9)12(18)17(6-3-5-14)8-10-4-2-7-19-10/h2,4,7H,3,6,8H2,1H3,(H2,15,16). The van der Waals surface area contributed by atoms with Gasteiger partial charge in [0.05, 0.1) is 31.0 Å². The van der Waals surface area contributed by atoms with Crippen molar-refractivity contribution in [2.45, 2.75) is 19.9 Å². The lowest BCUT2D eigenvalue weighted by atomic mass is 10.3. The average Bonchev–Trinajstić information content (AvgIpc) is 3.03. The van der Waals surface area contributed by atoms with Crippen LogP contribution < -0.4 is 5.73 Å². The fraction of sp³-hybridized carbons (Fsp3) is 0.308. The number of aromatic nitrogens is 1. The molecule has 6 nitrogen and oxygen atoms in total. The molecule has 0 radical (unpaired) electrons. The first-order valence-electron chi connectivity index (χ1n) is 6.03. The number of anilines is 1. The summed E-state index contributed by atoms with van der Waals surface area (Å²) in [6, 6.07) is 5.60. The fourth-order valence-corrected chi connectivity index (χ4v) is 2.59. The van der Waals surface area contributed by atoms with Crippen molar-refractivity contribution in [3.05, 3.63) is 34.7 Å². The number of thiazole rings is 1. The topological polar surface area (TPSA) is 96.1 Å². The molecule has 0 aromatic carbocycles. The predicted octanol–water partition coefficient (Wildman–Crippen LogP) is 2.18. The second-order valence-electron chi connectivity index (χ2n) is 4.18. The quantitative estimate of drug-likeness (QED) is 0.910. The Kier molecular flexibility index (Phi) is 4.38. The molecule has 2 rings (SSSR count). The minimum absolute atomic E-state index is 0.177. The number of amides is 1. The molecule has 2 aromatic rings. The molecular formula is C13H14N4O2S. The average molecular weight is 290 g/mol. The molecule has 0 aliphatic heterocycles. The molecule has 0 bridgehead atoms. The van der Waals surface area contributed by atoms with Gasteiger partial charge in [0.15, 0.2) is 5.13 Å². The highest BCUT2D eigenvalue weighted by molar-refractivity contribution is 7.17. The monoisotopic (exact) mass is 290 g/mol. The van der Waals surface area contributed by atoms with Crippen LogP contribution in [0.4, 0.5) is 5.13 Å². The van der Waals surface area contributed by atoms with Gasteiger partial charge in [-0.2, -0.15) is 5.26 Å². The minimum Gasteiger partial charge on any atom is -0.467 e. The van der Waals surface area contributed by atoms with Gasteiger partial charge < -0.3 is 15.1 Å². The van der Waals surface area contributed by atoms with E-state index in [0.29, 0.717) is 34.6 Å². The molecule has 2 N–H and O–H groups in total. The van der Waals surface area contributed by atoms with Crippen LogP contribution in [-0.4, -0.2) is 22.3 Å². The highest BCUT2D eigenvalue weighted by Gasteiger charge is 2.21. The Morgan fingerprint density at radius 2 is 2.45 bits per heavy atom. The number of carbonyl (C=O) groups excluding carboxylic acids is 1. The largest absolute Gasteiger partial charge is 0.467 e. The Bertz CT molecular complexity index is 627. The van der Waals surface area contributed by atoms with Crippen LogP contribution in [0.1, 0.15) is 27.5 Å². The van der Waals surface area contributed by atoms with Gasteiger partial charge in [0.25, 0.3) is 5.91 Å². The van der Waals surface area contributed by atoms with E-state index < -0.39 is 0 Å². The van der Waals surface area contributed by atoms with Crippen LogP contribution >= 0.6 is 11.3 Å². The second kappa shape index (κ2) is 6.21. The summed E-state index contributed by atoms with van der Waals surface area (Å²) in [5.41, 5.74) is 6.23. The molecule has 0 atom stereocenters. The Morgan fingerprint density at radius 1 is 1.65 bits per heavy atom. The molecular weight excluding hydrogens is 276 g/mol. The molecule has 0 aliphatic rings. The fourth-order valence-electron chi connectivity index (χ4n) is 1.79. The zero-order valence-electron chi connectivity index (χ0n) is 11.0. The van der Waals surface area contributed by atoms with Gasteiger partial charge in [0.2, 0.25) is 0 Å². The summed E-state index contributed by atoms with van der Waals surface area (Å²) in [5.74, 6) is 0.495. The minimum atomic E-state index is -0.177. The zero-order chi connectivity index (χ0) is 14.5. The molecule has 1 amide bonds. The number of hydrogen-bond donors (Lipinski definition) is 1. The van der Waals surface area contributed by atoms with E-state index in [0.717, 1.165) is 11.3 Å². The summed E-state index contributed by atoms with van der Waals surface area (Å²) in [5, 5.41) is 9.08. The number of furan rings is 1. The number of nitrogen functional groups attached to an aromatic ring is 1. The van der Waals surface area contributed by atoms with Gasteiger partial charge in [-0.15, -0.1) is 0 Å². The van der Waals surface area contributed by atoms with Gasteiger partial charge in [0.1, 0.15) is 10.6 Å². The van der Waals surface area contributed by atoms with E-state index in [1.54, 1.807) is 30.2 Å². The van der Waals surface area contributed by atoms with Gasteiger partial charge in [0, 0.05) is 6.54 Å². The van der Waals surface area contributed by atoms with Crippen molar-refractivity contribution < 1.29 is 9.21 Å². The third-order valence-corrected chi connectivity index (χ3v) is 3.69. The van der Waals surface area contributed by atoms with Crippen molar-refractivity contribution in [3.8, 4) is 6.07 Å². The van der Waals surface area contributed by atoms with Crippen LogP contribution in [0.15, 0.2) is 22.8 Å². The molecule has 0 saturated carbocycles. The zero-order valence-corrected chi connectivity index (χ0v) is 11.8. The van der Waals surface area contributed by atoms with E-state index in [4.69, 9.17) is 15.4 Å². The Morgan fingerprint density at radius 3 is 3.00 bits per heavy atom. The van der Waals surface area contributed by atoms with Gasteiger partial charge in [-0.05, 0) is 19.1 Å². The lowest BCUT2D eigenvalue weighted by molar-refractivity contribution is 0.0739. The number of carbonyl (C=O) groups is 1. The lowest BCUT2D eigenvalue weighted by Crippen LogP contribution is -2.31. The predicted molar refractivity (Wildman–Crippen MR) is 74.9 cm³/mol. The van der Waals surface area contributed by atoms with Crippen molar-refractivity contribution in [2.24, 2.45) is 0 Å². The Balaban J connectivity index is 2.19. The van der Waals surface area contributed by atoms with Crippen molar-refractivity contribution >= 4 is 22.4 Å². The molecule has 104 valence electrons. The molecule has 0 spiro atoms. The van der Waals surface area contributed by atoms with Crippen molar-refractivity contribution in [1.82, 2.24) is 9.88 Å². The van der Waals surface area contributed by atoms with Gasteiger partial charge in [-0.3, -0.25) is 4.79 Å². The van der Waals surface area contributed by atoms with E-state index in [1.165, 1.54) is 0 Å². The second-order valence-corrected chi connectivity index (χ2v) is 5.21. The first-order chi connectivity index (χ1) is 9.61. The summed E-state index contributed by atoms with van der Waals surface area (Å²) >= 11 is 1.16. The van der Waals surface area contributed by atoms with Crippen molar-refractivity contribution in [3.63, 3.8) is 0 Å². The third-order valence-electron chi connectivity index (χ3n) is 2.71. The van der Waals surface area contributed by atoms with E-state index >= 15 is 0 Å². The first-order valence-corrected chi connectivity index (χ1v) is 6.85. The van der Waals surface area contributed by atoms with Gasteiger partial charge in [-0.1, -0.05) is 11.3 Å². The summed E-state index contributed by atoms with van der Waals surface area (Å²) in [7, 11) is 0. The van der Waals surface area contributed by atoms with Crippen LogP contribution in [0.2, 0.25) is 0 Å². The number of nitrogens with zero attached hydrogens (tertiary/aromatic N) is 3. The third kappa shape index (κ3) is 3.16. The summed E-state index contributed by atoms with van der Waals surface area (Å²) in [4.78, 5) is 18.6. The Labute approximate surface area is 120 Å². The maximum atomic E-state index is 12.5. The number of aryl methyl sites for hydroxylation is 1. The summed E-state index contributed by atoms with van der Waals surface area (Å²) in [6.45, 7) is 2.41. The molecule has 7 heteroatoms. The number of nitriles is 1. The van der Waals surface area contributed by atoms with E-state index in [1.807, 2.05) is 6.07 Å². The SMILES string of the molecule is Cc1nc(N)sc1C(=O)N(CCC#N)Cc1ccco1. The number of nitrogens with two attached hydrogens (primary N) is 1. The van der Waals surface area contributed by atoms with Crippen molar-refractivity contribution in [2.75, 3.05) is 12.3 Å². The number of rotatable bonds is 5. The van der Waals surface area contributed by atoms with Crippen LogP contribution in [0.3, 0.4) is 0 Å². The Hall–Kier alpha value is -2.33. The molecule has 0 unspecified atom stereocenters.